The molecule has 0 bridgehead atoms. The van der Waals surface area contributed by atoms with Gasteiger partial charge in [0.1, 0.15) is 19.0 Å². The predicted molar refractivity (Wildman–Crippen MR) is 156 cm³/mol. The van der Waals surface area contributed by atoms with Crippen molar-refractivity contribution in [1.82, 2.24) is 5.32 Å². The highest BCUT2D eigenvalue weighted by Gasteiger charge is 2.57. The smallest absolute Gasteiger partial charge is 0.328 e. The molecule has 0 aliphatic carbocycles. The van der Waals surface area contributed by atoms with E-state index < -0.39 is 65.9 Å². The number of carboxylic acid groups (broad SMARTS) is 1. The third kappa shape index (κ3) is 8.20. The van der Waals surface area contributed by atoms with Crippen molar-refractivity contribution in [2.45, 2.75) is 102 Å². The lowest BCUT2D eigenvalue weighted by Crippen LogP contribution is -2.69. The summed E-state index contributed by atoms with van der Waals surface area (Å²) >= 11 is 0. The van der Waals surface area contributed by atoms with Gasteiger partial charge in [-0.15, -0.1) is 0 Å². The van der Waals surface area contributed by atoms with E-state index in [1.54, 1.807) is 31.4 Å². The monoisotopic (exact) mass is 609 g/mol. The van der Waals surface area contributed by atoms with E-state index in [0.29, 0.717) is 6.42 Å². The van der Waals surface area contributed by atoms with Crippen LogP contribution in [0.25, 0.3) is 0 Å². The predicted octanol–water partition coefficient (Wildman–Crippen LogP) is 2.21. The summed E-state index contributed by atoms with van der Waals surface area (Å²) in [5.74, 6) is -3.37. The highest BCUT2D eigenvalue weighted by Crippen LogP contribution is 2.44. The third-order valence-electron chi connectivity index (χ3n) is 8.64. The second kappa shape index (κ2) is 15.0. The SMILES string of the molecule is C=C1C[C@](OC)([C@H](O)C(=O)N[C@H]2OCO[C@H]3[C@@H]2O[C@H](C[C@@H](O)/C=C/C/C=C/C=C/C(=O)O)C(C)(C)[C@@H]3OC)O[C@H](C)[C@@H]1C. The first-order valence-corrected chi connectivity index (χ1v) is 14.5. The van der Waals surface area contributed by atoms with Crippen LogP contribution in [0.4, 0.5) is 0 Å². The molecular formula is C31H47NO11. The summed E-state index contributed by atoms with van der Waals surface area (Å²) in [4.78, 5) is 23.9. The topological polar surface area (TPSA) is 162 Å². The molecule has 1 amide bonds. The second-order valence-corrected chi connectivity index (χ2v) is 11.9. The largest absolute Gasteiger partial charge is 0.478 e. The van der Waals surface area contributed by atoms with Crippen LogP contribution in [0.5, 0.6) is 0 Å². The van der Waals surface area contributed by atoms with Crippen molar-refractivity contribution in [1.29, 1.82) is 0 Å². The number of aliphatic hydroxyl groups is 2. The van der Waals surface area contributed by atoms with Gasteiger partial charge >= 0.3 is 5.97 Å². The summed E-state index contributed by atoms with van der Waals surface area (Å²) in [6.07, 6.45) is 3.81. The van der Waals surface area contributed by atoms with Gasteiger partial charge in [0, 0.05) is 44.5 Å². The Morgan fingerprint density at radius 2 is 1.86 bits per heavy atom. The molecule has 0 aromatic carbocycles. The molecule has 3 fully saturated rings. The fraction of sp³-hybridized carbons (Fsp3) is 0.677. The van der Waals surface area contributed by atoms with Crippen molar-refractivity contribution >= 4 is 11.9 Å². The van der Waals surface area contributed by atoms with Crippen molar-refractivity contribution in [2.24, 2.45) is 11.3 Å². The van der Waals surface area contributed by atoms with Crippen LogP contribution in [0.15, 0.2) is 48.6 Å². The number of amides is 1. The molecule has 12 nitrogen and oxygen atoms in total. The minimum Gasteiger partial charge on any atom is -0.478 e. The number of allylic oxidation sites excluding steroid dienone is 4. The Kier molecular flexibility index (Phi) is 12.3. The number of carbonyl (C=O) groups excluding carboxylic acids is 1. The number of fused-ring (bicyclic) bond motifs is 1. The van der Waals surface area contributed by atoms with Gasteiger partial charge in [-0.05, 0) is 13.3 Å². The molecule has 0 unspecified atom stereocenters. The van der Waals surface area contributed by atoms with Crippen LogP contribution < -0.4 is 5.32 Å². The molecule has 3 rings (SSSR count). The first-order chi connectivity index (χ1) is 20.3. The lowest BCUT2D eigenvalue weighted by molar-refractivity contribution is -0.332. The van der Waals surface area contributed by atoms with Gasteiger partial charge in [-0.3, -0.25) is 4.79 Å². The Morgan fingerprint density at radius 1 is 1.14 bits per heavy atom. The average molecular weight is 610 g/mol. The van der Waals surface area contributed by atoms with Gasteiger partial charge in [-0.25, -0.2) is 4.79 Å². The number of carboxylic acids is 1. The first-order valence-electron chi connectivity index (χ1n) is 14.5. The van der Waals surface area contributed by atoms with Crippen LogP contribution in [0, 0.1) is 11.3 Å². The summed E-state index contributed by atoms with van der Waals surface area (Å²) in [6.45, 7) is 11.7. The van der Waals surface area contributed by atoms with Gasteiger partial charge in [0.25, 0.3) is 5.91 Å². The average Bonchev–Trinajstić information content (AvgIpc) is 2.95. The number of methoxy groups -OCH3 is 2. The Morgan fingerprint density at radius 3 is 2.49 bits per heavy atom. The molecule has 242 valence electrons. The van der Waals surface area contributed by atoms with E-state index in [4.69, 9.17) is 33.5 Å². The molecule has 4 N–H and O–H groups in total. The molecular weight excluding hydrogens is 562 g/mol. The molecule has 3 aliphatic heterocycles. The van der Waals surface area contributed by atoms with E-state index in [9.17, 15) is 19.8 Å². The minimum atomic E-state index is -1.69. The van der Waals surface area contributed by atoms with Crippen molar-refractivity contribution < 1.29 is 53.3 Å². The zero-order chi connectivity index (χ0) is 31.9. The van der Waals surface area contributed by atoms with Crippen molar-refractivity contribution in [3.8, 4) is 0 Å². The summed E-state index contributed by atoms with van der Waals surface area (Å²) in [7, 11) is 2.95. The molecule has 0 aromatic heterocycles. The number of hydrogen-bond acceptors (Lipinski definition) is 10. The van der Waals surface area contributed by atoms with Gasteiger partial charge in [0.15, 0.2) is 12.3 Å². The summed E-state index contributed by atoms with van der Waals surface area (Å²) in [6, 6.07) is 0. The zero-order valence-electron chi connectivity index (χ0n) is 25.8. The van der Waals surface area contributed by atoms with Gasteiger partial charge < -0.3 is 49.1 Å². The van der Waals surface area contributed by atoms with Crippen LogP contribution in [-0.2, 0) is 38.0 Å². The van der Waals surface area contributed by atoms with Gasteiger partial charge in [0.2, 0.25) is 5.79 Å². The maximum absolute atomic E-state index is 13.4. The summed E-state index contributed by atoms with van der Waals surface area (Å²) in [5.41, 5.74) is 0.207. The zero-order valence-corrected chi connectivity index (χ0v) is 25.8. The van der Waals surface area contributed by atoms with Crippen LogP contribution in [-0.4, -0.2) is 103 Å². The minimum absolute atomic E-state index is 0.0302. The molecule has 12 heteroatoms. The summed E-state index contributed by atoms with van der Waals surface area (Å²) < 4.78 is 35.5. The summed E-state index contributed by atoms with van der Waals surface area (Å²) in [5, 5.41) is 33.3. The molecule has 0 aromatic rings. The van der Waals surface area contributed by atoms with E-state index in [-0.39, 0.29) is 31.7 Å². The van der Waals surface area contributed by atoms with Crippen LogP contribution in [0.3, 0.4) is 0 Å². The molecule has 3 aliphatic rings. The van der Waals surface area contributed by atoms with Gasteiger partial charge in [0.05, 0.1) is 24.4 Å². The molecule has 3 heterocycles. The maximum atomic E-state index is 13.4. The number of nitrogens with one attached hydrogen (secondary N) is 1. The molecule has 0 radical (unpaired) electrons. The van der Waals surface area contributed by atoms with Crippen LogP contribution in [0.1, 0.15) is 47.0 Å². The quantitative estimate of drug-likeness (QED) is 0.146. The number of rotatable bonds is 12. The number of ether oxygens (including phenoxy) is 6. The van der Waals surface area contributed by atoms with E-state index >= 15 is 0 Å². The fourth-order valence-electron chi connectivity index (χ4n) is 5.84. The molecule has 43 heavy (non-hydrogen) atoms. The van der Waals surface area contributed by atoms with E-state index in [1.807, 2.05) is 27.7 Å². The van der Waals surface area contributed by atoms with Gasteiger partial charge in [-0.1, -0.05) is 63.3 Å². The van der Waals surface area contributed by atoms with E-state index in [2.05, 4.69) is 11.9 Å². The second-order valence-electron chi connectivity index (χ2n) is 11.9. The standard InChI is InChI=1S/C31H47NO11/c1-18-16-31(39-7,43-20(3)19(18)2)26(36)28(37)32-29-25-24(40-17-41-29)27(38-6)30(4,5)22(42-25)15-21(33)13-11-9-8-10-12-14-23(34)35/h8,10-14,19-22,24-27,29,33,36H,1,9,15-17H2,2-7H3,(H,32,37)(H,34,35)/b10-8+,13-11+,14-12+/t19-,20-,21+,22-,24+,25+,26-,27-,29+,31-/m1/s1. The van der Waals surface area contributed by atoms with Crippen LogP contribution in [0.2, 0.25) is 0 Å². The Bertz CT molecular complexity index is 1070. The lowest BCUT2D eigenvalue weighted by Gasteiger charge is -2.54. The molecule has 3 saturated heterocycles. The fourth-order valence-corrected chi connectivity index (χ4v) is 5.84. The lowest BCUT2D eigenvalue weighted by atomic mass is 9.72. The van der Waals surface area contributed by atoms with Crippen LogP contribution >= 0.6 is 0 Å². The van der Waals surface area contributed by atoms with Gasteiger partial charge in [-0.2, -0.15) is 0 Å². The number of aliphatic carboxylic acids is 1. The highest BCUT2D eigenvalue weighted by atomic mass is 16.7. The number of hydrogen-bond donors (Lipinski definition) is 4. The molecule has 0 spiro atoms. The van der Waals surface area contributed by atoms with E-state index in [0.717, 1.165) is 11.6 Å². The number of carbonyl (C=O) groups is 2. The van der Waals surface area contributed by atoms with Crippen molar-refractivity contribution in [3.05, 3.63) is 48.6 Å². The maximum Gasteiger partial charge on any atom is 0.328 e. The molecule has 0 saturated carbocycles. The van der Waals surface area contributed by atoms with E-state index in [1.165, 1.54) is 13.2 Å². The van der Waals surface area contributed by atoms with Crippen molar-refractivity contribution in [3.63, 3.8) is 0 Å². The Balaban J connectivity index is 1.71. The van der Waals surface area contributed by atoms with Crippen molar-refractivity contribution in [2.75, 3.05) is 21.0 Å². The third-order valence-corrected chi connectivity index (χ3v) is 8.64. The Labute approximate surface area is 253 Å². The first kappa shape index (κ1) is 35.1. The number of aliphatic hydroxyl groups excluding tert-OH is 2. The Hall–Kier alpha value is -2.42. The normalized spacial score (nSPS) is 36.1. The highest BCUT2D eigenvalue weighted by molar-refractivity contribution is 5.82. The molecule has 10 atom stereocenters.